The molecule has 0 saturated heterocycles. The number of carbonyl (C=O) groups is 1. The Hall–Kier alpha value is -2.61. The van der Waals surface area contributed by atoms with E-state index in [1.165, 1.54) is 0 Å². The van der Waals surface area contributed by atoms with E-state index in [0.717, 1.165) is 23.4 Å². The highest BCUT2D eigenvalue weighted by Crippen LogP contribution is 2.30. The van der Waals surface area contributed by atoms with Crippen LogP contribution in [0.15, 0.2) is 30.5 Å². The Labute approximate surface area is 110 Å². The van der Waals surface area contributed by atoms with Crippen molar-refractivity contribution < 1.29 is 4.79 Å². The van der Waals surface area contributed by atoms with Crippen molar-refractivity contribution in [2.75, 3.05) is 11.4 Å². The summed E-state index contributed by atoms with van der Waals surface area (Å²) in [5, 5.41) is 15.7. The fraction of sp³-hybridized carbons (Fsp3) is 0.214. The summed E-state index contributed by atoms with van der Waals surface area (Å²) >= 11 is 0. The molecule has 0 saturated carbocycles. The average Bonchev–Trinajstić information content (AvgIpc) is 3.06. The first-order valence-electron chi connectivity index (χ1n) is 6.10. The standard InChI is InChI=1S/C14H12N4O/c15-9-10-2-1-3-13-12(10)5-7-18(13)14(19)8-11-4-6-16-17-11/h1-4,6H,5,7-8H2,(H,16,17). The summed E-state index contributed by atoms with van der Waals surface area (Å²) in [6.07, 6.45) is 2.68. The van der Waals surface area contributed by atoms with Crippen LogP contribution in [0.2, 0.25) is 0 Å². The third-order valence-corrected chi connectivity index (χ3v) is 3.35. The van der Waals surface area contributed by atoms with Gasteiger partial charge in [0.2, 0.25) is 5.91 Å². The molecule has 0 spiro atoms. The van der Waals surface area contributed by atoms with Gasteiger partial charge in [-0.3, -0.25) is 9.89 Å². The highest BCUT2D eigenvalue weighted by atomic mass is 16.2. The van der Waals surface area contributed by atoms with Crippen LogP contribution in [0.3, 0.4) is 0 Å². The minimum atomic E-state index is 0.0260. The number of carbonyl (C=O) groups excluding carboxylic acids is 1. The van der Waals surface area contributed by atoms with E-state index in [0.29, 0.717) is 18.5 Å². The van der Waals surface area contributed by atoms with Crippen molar-refractivity contribution in [2.24, 2.45) is 0 Å². The van der Waals surface area contributed by atoms with Crippen LogP contribution >= 0.6 is 0 Å². The second-order valence-corrected chi connectivity index (χ2v) is 4.47. The number of nitrogens with one attached hydrogen (secondary N) is 1. The van der Waals surface area contributed by atoms with Crippen LogP contribution < -0.4 is 4.90 Å². The van der Waals surface area contributed by atoms with Gasteiger partial charge in [-0.15, -0.1) is 0 Å². The van der Waals surface area contributed by atoms with Crippen molar-refractivity contribution in [1.29, 1.82) is 5.26 Å². The molecule has 0 fully saturated rings. The van der Waals surface area contributed by atoms with Gasteiger partial charge in [0.25, 0.3) is 0 Å². The number of H-pyrrole nitrogens is 1. The zero-order chi connectivity index (χ0) is 13.2. The highest BCUT2D eigenvalue weighted by molar-refractivity contribution is 5.96. The Morgan fingerprint density at radius 1 is 1.47 bits per heavy atom. The Morgan fingerprint density at radius 3 is 3.11 bits per heavy atom. The minimum Gasteiger partial charge on any atom is -0.311 e. The number of rotatable bonds is 2. The molecule has 2 aromatic rings. The zero-order valence-electron chi connectivity index (χ0n) is 10.3. The third kappa shape index (κ3) is 1.97. The maximum atomic E-state index is 12.3. The van der Waals surface area contributed by atoms with Gasteiger partial charge >= 0.3 is 0 Å². The largest absolute Gasteiger partial charge is 0.311 e. The van der Waals surface area contributed by atoms with Gasteiger partial charge in [0.15, 0.2) is 0 Å². The number of benzene rings is 1. The summed E-state index contributed by atoms with van der Waals surface area (Å²) in [7, 11) is 0. The highest BCUT2D eigenvalue weighted by Gasteiger charge is 2.26. The molecule has 1 aromatic carbocycles. The molecule has 0 aliphatic carbocycles. The van der Waals surface area contributed by atoms with Crippen molar-refractivity contribution in [1.82, 2.24) is 10.2 Å². The molecule has 1 aliphatic heterocycles. The monoisotopic (exact) mass is 252 g/mol. The van der Waals surface area contributed by atoms with Crippen molar-refractivity contribution in [3.8, 4) is 6.07 Å². The second-order valence-electron chi connectivity index (χ2n) is 4.47. The summed E-state index contributed by atoms with van der Waals surface area (Å²) in [5.74, 6) is 0.0260. The van der Waals surface area contributed by atoms with Crippen LogP contribution in [0.25, 0.3) is 0 Å². The molecule has 0 unspecified atom stereocenters. The first-order chi connectivity index (χ1) is 9.29. The van der Waals surface area contributed by atoms with E-state index in [2.05, 4.69) is 16.3 Å². The van der Waals surface area contributed by atoms with E-state index in [9.17, 15) is 4.79 Å². The van der Waals surface area contributed by atoms with Gasteiger partial charge < -0.3 is 4.90 Å². The van der Waals surface area contributed by atoms with Gasteiger partial charge in [-0.25, -0.2) is 0 Å². The van der Waals surface area contributed by atoms with Gasteiger partial charge in [-0.1, -0.05) is 6.07 Å². The summed E-state index contributed by atoms with van der Waals surface area (Å²) in [4.78, 5) is 14.0. The lowest BCUT2D eigenvalue weighted by molar-refractivity contribution is -0.117. The molecular formula is C14H12N4O. The Balaban J connectivity index is 1.87. The molecule has 5 heteroatoms. The number of hydrogen-bond acceptors (Lipinski definition) is 3. The fourth-order valence-corrected chi connectivity index (χ4v) is 2.44. The van der Waals surface area contributed by atoms with Gasteiger partial charge in [-0.2, -0.15) is 10.4 Å². The molecule has 94 valence electrons. The normalized spacial score (nSPS) is 13.1. The molecule has 2 heterocycles. The predicted octanol–water partition coefficient (Wildman–Crippen LogP) is 1.41. The number of aromatic amines is 1. The molecule has 1 amide bonds. The topological polar surface area (TPSA) is 72.8 Å². The lowest BCUT2D eigenvalue weighted by atomic mass is 10.1. The zero-order valence-corrected chi connectivity index (χ0v) is 10.3. The molecule has 19 heavy (non-hydrogen) atoms. The average molecular weight is 252 g/mol. The van der Waals surface area contributed by atoms with E-state index in [4.69, 9.17) is 5.26 Å². The molecule has 1 N–H and O–H groups in total. The third-order valence-electron chi connectivity index (χ3n) is 3.35. The molecule has 0 atom stereocenters. The molecule has 0 bridgehead atoms. The molecule has 1 aliphatic rings. The first-order valence-corrected chi connectivity index (χ1v) is 6.10. The van der Waals surface area contributed by atoms with Gasteiger partial charge in [0.1, 0.15) is 0 Å². The minimum absolute atomic E-state index is 0.0260. The lowest BCUT2D eigenvalue weighted by Gasteiger charge is -2.16. The Morgan fingerprint density at radius 2 is 2.37 bits per heavy atom. The number of nitriles is 1. The molecule has 5 nitrogen and oxygen atoms in total. The Kier molecular flexibility index (Phi) is 2.76. The number of fused-ring (bicyclic) bond motifs is 1. The summed E-state index contributed by atoms with van der Waals surface area (Å²) < 4.78 is 0. The van der Waals surface area contributed by atoms with Crippen LogP contribution in [0.1, 0.15) is 16.8 Å². The number of hydrogen-bond donors (Lipinski definition) is 1. The van der Waals surface area contributed by atoms with E-state index >= 15 is 0 Å². The SMILES string of the molecule is N#Cc1cccc2c1CCN2C(=O)Cc1ccn[nH]1. The van der Waals surface area contributed by atoms with E-state index in [-0.39, 0.29) is 5.91 Å². The van der Waals surface area contributed by atoms with E-state index < -0.39 is 0 Å². The van der Waals surface area contributed by atoms with Crippen molar-refractivity contribution in [3.05, 3.63) is 47.3 Å². The van der Waals surface area contributed by atoms with Crippen LogP contribution in [0.5, 0.6) is 0 Å². The first kappa shape index (κ1) is 11.5. The van der Waals surface area contributed by atoms with Gasteiger partial charge in [0, 0.05) is 24.1 Å². The van der Waals surface area contributed by atoms with E-state index in [1.54, 1.807) is 23.2 Å². The summed E-state index contributed by atoms with van der Waals surface area (Å²) in [5.41, 5.74) is 3.30. The fourth-order valence-electron chi connectivity index (χ4n) is 2.44. The second kappa shape index (κ2) is 4.58. The Bertz CT molecular complexity index is 655. The summed E-state index contributed by atoms with van der Waals surface area (Å²) in [6, 6.07) is 9.48. The predicted molar refractivity (Wildman–Crippen MR) is 69.5 cm³/mol. The smallest absolute Gasteiger partial charge is 0.232 e. The van der Waals surface area contributed by atoms with Crippen molar-refractivity contribution >= 4 is 11.6 Å². The summed E-state index contributed by atoms with van der Waals surface area (Å²) in [6.45, 7) is 0.640. The number of amides is 1. The number of nitrogens with zero attached hydrogens (tertiary/aromatic N) is 3. The maximum Gasteiger partial charge on any atom is 0.232 e. The number of aromatic nitrogens is 2. The number of anilines is 1. The maximum absolute atomic E-state index is 12.3. The molecule has 1 aromatic heterocycles. The van der Waals surface area contributed by atoms with Gasteiger partial charge in [0.05, 0.1) is 18.1 Å². The van der Waals surface area contributed by atoms with Crippen LogP contribution in [-0.4, -0.2) is 22.6 Å². The van der Waals surface area contributed by atoms with Gasteiger partial charge in [-0.05, 0) is 30.2 Å². The van der Waals surface area contributed by atoms with Crippen molar-refractivity contribution in [2.45, 2.75) is 12.8 Å². The van der Waals surface area contributed by atoms with Crippen LogP contribution in [0, 0.1) is 11.3 Å². The quantitative estimate of drug-likeness (QED) is 0.878. The van der Waals surface area contributed by atoms with E-state index in [1.807, 2.05) is 12.1 Å². The van der Waals surface area contributed by atoms with Crippen LogP contribution in [0.4, 0.5) is 5.69 Å². The van der Waals surface area contributed by atoms with Crippen molar-refractivity contribution in [3.63, 3.8) is 0 Å². The molecule has 0 radical (unpaired) electrons. The molecular weight excluding hydrogens is 240 g/mol. The molecule has 3 rings (SSSR count). The lowest BCUT2D eigenvalue weighted by Crippen LogP contribution is -2.30. The van der Waals surface area contributed by atoms with Crippen LogP contribution in [-0.2, 0) is 17.6 Å².